The molecule has 0 bridgehead atoms. The Morgan fingerprint density at radius 2 is 1.95 bits per heavy atom. The third-order valence-electron chi connectivity index (χ3n) is 2.61. The van der Waals surface area contributed by atoms with E-state index < -0.39 is 31.0 Å². The highest BCUT2D eigenvalue weighted by atomic mass is 19.3. The van der Waals surface area contributed by atoms with Gasteiger partial charge in [-0.05, 0) is 26.0 Å². The van der Waals surface area contributed by atoms with Crippen molar-refractivity contribution >= 4 is 11.6 Å². The SMILES string of the molecule is Cc1ccc(NC(=O)C(C)NCC(F)(F)CO)cc1. The Bertz CT molecular complexity index is 421. The highest BCUT2D eigenvalue weighted by Crippen LogP contribution is 2.11. The van der Waals surface area contributed by atoms with Crippen LogP contribution in [0.1, 0.15) is 12.5 Å². The molecule has 6 heteroatoms. The average Bonchev–Trinajstić information content (AvgIpc) is 2.38. The summed E-state index contributed by atoms with van der Waals surface area (Å²) >= 11 is 0. The molecule has 0 aromatic heterocycles. The Morgan fingerprint density at radius 3 is 2.47 bits per heavy atom. The number of hydrogen-bond acceptors (Lipinski definition) is 3. The molecular weight excluding hydrogens is 254 g/mol. The molecule has 0 fully saturated rings. The third-order valence-corrected chi connectivity index (χ3v) is 2.61. The minimum atomic E-state index is -3.22. The van der Waals surface area contributed by atoms with Crippen molar-refractivity contribution in [2.75, 3.05) is 18.5 Å². The largest absolute Gasteiger partial charge is 0.390 e. The van der Waals surface area contributed by atoms with Gasteiger partial charge in [0.25, 0.3) is 5.92 Å². The van der Waals surface area contributed by atoms with Gasteiger partial charge in [-0.3, -0.25) is 4.79 Å². The van der Waals surface area contributed by atoms with Crippen molar-refractivity contribution < 1.29 is 18.7 Å². The highest BCUT2D eigenvalue weighted by Gasteiger charge is 2.28. The maximum atomic E-state index is 12.8. The molecule has 4 nitrogen and oxygen atoms in total. The quantitative estimate of drug-likeness (QED) is 0.736. The van der Waals surface area contributed by atoms with E-state index in [-0.39, 0.29) is 0 Å². The molecule has 0 aliphatic rings. The fourth-order valence-corrected chi connectivity index (χ4v) is 1.34. The molecule has 0 saturated carbocycles. The number of aryl methyl sites for hydroxylation is 1. The van der Waals surface area contributed by atoms with Gasteiger partial charge in [0.1, 0.15) is 6.61 Å². The average molecular weight is 272 g/mol. The van der Waals surface area contributed by atoms with Crippen LogP contribution in [-0.4, -0.2) is 36.1 Å². The summed E-state index contributed by atoms with van der Waals surface area (Å²) in [5.41, 5.74) is 1.67. The number of carbonyl (C=O) groups excluding carboxylic acids is 1. The lowest BCUT2D eigenvalue weighted by atomic mass is 10.2. The predicted molar refractivity (Wildman–Crippen MR) is 69.3 cm³/mol. The van der Waals surface area contributed by atoms with Crippen LogP contribution in [0.5, 0.6) is 0 Å². The van der Waals surface area contributed by atoms with E-state index in [0.717, 1.165) is 5.56 Å². The van der Waals surface area contributed by atoms with Crippen LogP contribution in [0.4, 0.5) is 14.5 Å². The molecule has 1 atom stereocenters. The number of halogens is 2. The Hall–Kier alpha value is -1.53. The highest BCUT2D eigenvalue weighted by molar-refractivity contribution is 5.94. The second kappa shape index (κ2) is 6.58. The maximum Gasteiger partial charge on any atom is 0.282 e. The molecule has 3 N–H and O–H groups in total. The van der Waals surface area contributed by atoms with Crippen LogP contribution < -0.4 is 10.6 Å². The van der Waals surface area contributed by atoms with Gasteiger partial charge in [-0.2, -0.15) is 0 Å². The second-order valence-corrected chi connectivity index (χ2v) is 4.47. The minimum absolute atomic E-state index is 0.405. The van der Waals surface area contributed by atoms with Crippen LogP contribution >= 0.6 is 0 Å². The fraction of sp³-hybridized carbons (Fsp3) is 0.462. The second-order valence-electron chi connectivity index (χ2n) is 4.47. The first-order valence-corrected chi connectivity index (χ1v) is 5.94. The number of amides is 1. The first-order chi connectivity index (χ1) is 8.84. The van der Waals surface area contributed by atoms with Crippen molar-refractivity contribution in [2.24, 2.45) is 0 Å². The monoisotopic (exact) mass is 272 g/mol. The van der Waals surface area contributed by atoms with E-state index in [9.17, 15) is 13.6 Å². The van der Waals surface area contributed by atoms with Crippen molar-refractivity contribution in [2.45, 2.75) is 25.8 Å². The summed E-state index contributed by atoms with van der Waals surface area (Å²) in [6.07, 6.45) is 0. The normalized spacial score (nSPS) is 13.1. The first kappa shape index (κ1) is 15.5. The van der Waals surface area contributed by atoms with Gasteiger partial charge in [-0.1, -0.05) is 17.7 Å². The fourth-order valence-electron chi connectivity index (χ4n) is 1.34. The van der Waals surface area contributed by atoms with Crippen molar-refractivity contribution in [1.29, 1.82) is 0 Å². The zero-order valence-corrected chi connectivity index (χ0v) is 10.9. The van der Waals surface area contributed by atoms with Crippen LogP contribution in [0, 0.1) is 6.92 Å². The molecule has 0 saturated heterocycles. The van der Waals surface area contributed by atoms with Gasteiger partial charge in [0, 0.05) is 5.69 Å². The molecule has 0 radical (unpaired) electrons. The summed E-state index contributed by atoms with van der Waals surface area (Å²) in [4.78, 5) is 11.7. The van der Waals surface area contributed by atoms with E-state index >= 15 is 0 Å². The standard InChI is InChI=1S/C13H18F2N2O2/c1-9-3-5-11(6-4-9)17-12(19)10(2)16-7-13(14,15)8-18/h3-6,10,16,18H,7-8H2,1-2H3,(H,17,19). The Kier molecular flexibility index (Phi) is 5.38. The Morgan fingerprint density at radius 1 is 1.37 bits per heavy atom. The van der Waals surface area contributed by atoms with Crippen LogP contribution in [0.25, 0.3) is 0 Å². The molecule has 0 heterocycles. The van der Waals surface area contributed by atoms with Gasteiger partial charge in [-0.15, -0.1) is 0 Å². The van der Waals surface area contributed by atoms with Gasteiger partial charge in [0.15, 0.2) is 0 Å². The lowest BCUT2D eigenvalue weighted by molar-refractivity contribution is -0.118. The molecule has 19 heavy (non-hydrogen) atoms. The number of anilines is 1. The van der Waals surface area contributed by atoms with Crippen molar-refractivity contribution in [3.05, 3.63) is 29.8 Å². The lowest BCUT2D eigenvalue weighted by Crippen LogP contribution is -2.45. The molecule has 1 aromatic carbocycles. The minimum Gasteiger partial charge on any atom is -0.390 e. The zero-order chi connectivity index (χ0) is 14.5. The van der Waals surface area contributed by atoms with E-state index in [2.05, 4.69) is 10.6 Å². The molecular formula is C13H18F2N2O2. The van der Waals surface area contributed by atoms with E-state index in [1.807, 2.05) is 19.1 Å². The maximum absolute atomic E-state index is 12.8. The van der Waals surface area contributed by atoms with Crippen LogP contribution in [0.2, 0.25) is 0 Å². The van der Waals surface area contributed by atoms with E-state index in [1.165, 1.54) is 6.92 Å². The van der Waals surface area contributed by atoms with Crippen LogP contribution in [0.3, 0.4) is 0 Å². The Balaban J connectivity index is 2.47. The molecule has 1 unspecified atom stereocenters. The third kappa shape index (κ3) is 5.32. The number of rotatable bonds is 6. The van der Waals surface area contributed by atoms with Crippen LogP contribution in [-0.2, 0) is 4.79 Å². The first-order valence-electron chi connectivity index (χ1n) is 5.94. The van der Waals surface area contributed by atoms with E-state index in [4.69, 9.17) is 5.11 Å². The van der Waals surface area contributed by atoms with Gasteiger partial charge in [0.05, 0.1) is 12.6 Å². The number of alkyl halides is 2. The van der Waals surface area contributed by atoms with Crippen molar-refractivity contribution in [3.63, 3.8) is 0 Å². The van der Waals surface area contributed by atoms with Gasteiger partial charge in [0.2, 0.25) is 5.91 Å². The molecule has 1 aromatic rings. The molecule has 1 amide bonds. The topological polar surface area (TPSA) is 61.4 Å². The number of carbonyl (C=O) groups is 1. The Labute approximate surface area is 110 Å². The number of nitrogens with one attached hydrogen (secondary N) is 2. The number of aliphatic hydroxyl groups is 1. The number of hydrogen-bond donors (Lipinski definition) is 3. The van der Waals surface area contributed by atoms with Crippen LogP contribution in [0.15, 0.2) is 24.3 Å². The molecule has 0 aliphatic heterocycles. The van der Waals surface area contributed by atoms with Crippen molar-refractivity contribution in [1.82, 2.24) is 5.32 Å². The lowest BCUT2D eigenvalue weighted by Gasteiger charge is -2.18. The van der Waals surface area contributed by atoms with E-state index in [1.54, 1.807) is 12.1 Å². The van der Waals surface area contributed by atoms with Gasteiger partial charge < -0.3 is 15.7 Å². The smallest absolute Gasteiger partial charge is 0.282 e. The summed E-state index contributed by atoms with van der Waals surface area (Å²) in [7, 11) is 0. The van der Waals surface area contributed by atoms with Gasteiger partial charge >= 0.3 is 0 Å². The summed E-state index contributed by atoms with van der Waals surface area (Å²) < 4.78 is 25.6. The summed E-state index contributed by atoms with van der Waals surface area (Å²) in [5.74, 6) is -3.63. The van der Waals surface area contributed by atoms with E-state index in [0.29, 0.717) is 5.69 Å². The van der Waals surface area contributed by atoms with Gasteiger partial charge in [-0.25, -0.2) is 8.78 Å². The summed E-state index contributed by atoms with van der Waals surface area (Å²) in [5, 5.41) is 13.4. The zero-order valence-electron chi connectivity index (χ0n) is 10.9. The predicted octanol–water partition coefficient (Wildman–Crippen LogP) is 1.54. The molecule has 106 valence electrons. The molecule has 0 aliphatic carbocycles. The molecule has 0 spiro atoms. The summed E-state index contributed by atoms with van der Waals surface area (Å²) in [6, 6.07) is 6.38. The number of aliphatic hydroxyl groups excluding tert-OH is 1. The van der Waals surface area contributed by atoms with Crippen molar-refractivity contribution in [3.8, 4) is 0 Å². The molecule has 1 rings (SSSR count). The number of benzene rings is 1. The summed E-state index contributed by atoms with van der Waals surface area (Å²) in [6.45, 7) is 1.42.